The Bertz CT molecular complexity index is 3080. The SMILES string of the molecule is C1=CCC(n2c3ccccc3c3ccc(N(c4ccc(-c5ccccc5)cc4)c4cccc5oc6cc7nc(-c8ccccc8)oc7cc6c45)cc32)C=C1. The zero-order valence-corrected chi connectivity index (χ0v) is 29.3. The van der Waals surface area contributed by atoms with Crippen molar-refractivity contribution in [1.29, 1.82) is 0 Å². The molecule has 54 heavy (non-hydrogen) atoms. The van der Waals surface area contributed by atoms with E-state index in [4.69, 9.17) is 13.8 Å². The van der Waals surface area contributed by atoms with Gasteiger partial charge in [-0.3, -0.25) is 0 Å². The second kappa shape index (κ2) is 12.2. The molecule has 3 heterocycles. The van der Waals surface area contributed by atoms with Crippen molar-refractivity contribution in [2.75, 3.05) is 4.90 Å². The molecule has 0 fully saturated rings. The van der Waals surface area contributed by atoms with E-state index in [1.54, 1.807) is 0 Å². The quantitative estimate of drug-likeness (QED) is 0.174. The third kappa shape index (κ3) is 4.90. The van der Waals surface area contributed by atoms with E-state index in [0.29, 0.717) is 5.89 Å². The largest absolute Gasteiger partial charge is 0.456 e. The van der Waals surface area contributed by atoms with Gasteiger partial charge in [-0.25, -0.2) is 4.98 Å². The molecule has 5 nitrogen and oxygen atoms in total. The van der Waals surface area contributed by atoms with E-state index < -0.39 is 0 Å². The number of benzene rings is 7. The highest BCUT2D eigenvalue weighted by atomic mass is 16.4. The number of fused-ring (bicyclic) bond motifs is 7. The lowest BCUT2D eigenvalue weighted by molar-refractivity contribution is 0.620. The number of anilines is 3. The zero-order chi connectivity index (χ0) is 35.6. The summed E-state index contributed by atoms with van der Waals surface area (Å²) in [5.41, 5.74) is 11.9. The molecule has 3 aromatic heterocycles. The molecule has 0 spiro atoms. The fourth-order valence-electron chi connectivity index (χ4n) is 8.22. The molecule has 0 aliphatic heterocycles. The van der Waals surface area contributed by atoms with Gasteiger partial charge in [0, 0.05) is 44.7 Å². The van der Waals surface area contributed by atoms with Crippen molar-refractivity contribution in [3.63, 3.8) is 0 Å². The summed E-state index contributed by atoms with van der Waals surface area (Å²) in [5, 5.41) is 4.49. The zero-order valence-electron chi connectivity index (χ0n) is 29.3. The van der Waals surface area contributed by atoms with Gasteiger partial charge in [0.05, 0.1) is 22.6 Å². The van der Waals surface area contributed by atoms with Gasteiger partial charge in [-0.05, 0) is 78.2 Å². The fourth-order valence-corrected chi connectivity index (χ4v) is 8.22. The summed E-state index contributed by atoms with van der Waals surface area (Å²) in [4.78, 5) is 7.20. The van der Waals surface area contributed by atoms with Crippen LogP contribution in [-0.2, 0) is 0 Å². The first kappa shape index (κ1) is 30.5. The van der Waals surface area contributed by atoms with Crippen LogP contribution in [0.15, 0.2) is 191 Å². The number of allylic oxidation sites excluding steroid dienone is 4. The second-order valence-electron chi connectivity index (χ2n) is 13.9. The summed E-state index contributed by atoms with van der Waals surface area (Å²) in [6.45, 7) is 0. The van der Waals surface area contributed by atoms with Gasteiger partial charge in [-0.1, -0.05) is 115 Å². The molecule has 1 atom stereocenters. The number of hydrogen-bond acceptors (Lipinski definition) is 4. The Morgan fingerprint density at radius 3 is 2.09 bits per heavy atom. The number of hydrogen-bond donors (Lipinski definition) is 0. The van der Waals surface area contributed by atoms with Gasteiger partial charge >= 0.3 is 0 Å². The Labute approximate surface area is 311 Å². The minimum absolute atomic E-state index is 0.220. The van der Waals surface area contributed by atoms with Gasteiger partial charge in [0.2, 0.25) is 5.89 Å². The molecular weight excluding hydrogens is 663 g/mol. The van der Waals surface area contributed by atoms with Crippen molar-refractivity contribution < 1.29 is 8.83 Å². The van der Waals surface area contributed by atoms with Crippen molar-refractivity contribution in [3.8, 4) is 22.6 Å². The molecule has 10 aromatic rings. The van der Waals surface area contributed by atoms with Crippen molar-refractivity contribution >= 4 is 71.9 Å². The molecule has 1 aliphatic rings. The number of aromatic nitrogens is 2. The molecular formula is C49H33N3O2. The van der Waals surface area contributed by atoms with E-state index in [2.05, 4.69) is 149 Å². The van der Waals surface area contributed by atoms with Crippen molar-refractivity contribution in [2.24, 2.45) is 0 Å². The molecule has 7 aromatic carbocycles. The predicted molar refractivity (Wildman–Crippen MR) is 222 cm³/mol. The topological polar surface area (TPSA) is 47.3 Å². The van der Waals surface area contributed by atoms with Crippen molar-refractivity contribution in [2.45, 2.75) is 12.5 Å². The molecule has 0 amide bonds. The van der Waals surface area contributed by atoms with Crippen LogP contribution in [0.2, 0.25) is 0 Å². The molecule has 0 radical (unpaired) electrons. The first-order valence-corrected chi connectivity index (χ1v) is 18.4. The van der Waals surface area contributed by atoms with E-state index in [9.17, 15) is 0 Å². The lowest BCUT2D eigenvalue weighted by Crippen LogP contribution is -2.11. The van der Waals surface area contributed by atoms with Crippen LogP contribution in [0, 0.1) is 0 Å². The third-order valence-electron chi connectivity index (χ3n) is 10.7. The van der Waals surface area contributed by atoms with Crippen LogP contribution < -0.4 is 4.90 Å². The summed E-state index contributed by atoms with van der Waals surface area (Å²) in [5.74, 6) is 0.593. The van der Waals surface area contributed by atoms with Gasteiger partial charge in [0.25, 0.3) is 0 Å². The average Bonchev–Trinajstić information content (AvgIpc) is 3.92. The molecule has 1 unspecified atom stereocenters. The Balaban J connectivity index is 1.14. The fraction of sp³-hybridized carbons (Fsp3) is 0.0408. The Kier molecular flexibility index (Phi) is 6.92. The maximum atomic E-state index is 6.60. The predicted octanol–water partition coefficient (Wildman–Crippen LogP) is 13.7. The Hall–Kier alpha value is -7.11. The molecule has 0 N–H and O–H groups in total. The van der Waals surface area contributed by atoms with Gasteiger partial charge in [-0.15, -0.1) is 0 Å². The van der Waals surface area contributed by atoms with E-state index in [1.165, 1.54) is 32.9 Å². The molecule has 0 saturated heterocycles. The van der Waals surface area contributed by atoms with Gasteiger partial charge < -0.3 is 18.3 Å². The van der Waals surface area contributed by atoms with E-state index in [1.807, 2.05) is 42.5 Å². The lowest BCUT2D eigenvalue weighted by Gasteiger charge is -2.27. The van der Waals surface area contributed by atoms with Gasteiger partial charge in [-0.2, -0.15) is 0 Å². The van der Waals surface area contributed by atoms with Gasteiger partial charge in [0.1, 0.15) is 16.7 Å². The van der Waals surface area contributed by atoms with Crippen molar-refractivity contribution in [1.82, 2.24) is 9.55 Å². The number of rotatable bonds is 6. The van der Waals surface area contributed by atoms with Crippen molar-refractivity contribution in [3.05, 3.63) is 182 Å². The number of oxazole rings is 1. The van der Waals surface area contributed by atoms with Crippen LogP contribution in [0.1, 0.15) is 12.5 Å². The Morgan fingerprint density at radius 2 is 1.28 bits per heavy atom. The lowest BCUT2D eigenvalue weighted by atomic mass is 10.0. The van der Waals surface area contributed by atoms with Crippen LogP contribution in [0.4, 0.5) is 17.1 Å². The minimum atomic E-state index is 0.220. The van der Waals surface area contributed by atoms with Crippen LogP contribution in [0.25, 0.3) is 77.4 Å². The number of nitrogens with zero attached hydrogens (tertiary/aromatic N) is 3. The van der Waals surface area contributed by atoms with Crippen LogP contribution in [-0.4, -0.2) is 9.55 Å². The normalized spacial score (nSPS) is 14.3. The molecule has 11 rings (SSSR count). The molecule has 0 bridgehead atoms. The smallest absolute Gasteiger partial charge is 0.227 e. The molecule has 256 valence electrons. The maximum absolute atomic E-state index is 6.60. The molecule has 5 heteroatoms. The monoisotopic (exact) mass is 695 g/mol. The summed E-state index contributed by atoms with van der Waals surface area (Å²) in [7, 11) is 0. The standard InChI is InChI=1S/C49H33N3O2/c1-4-13-32(14-5-1)33-23-25-36(26-24-33)51(37-27-28-39-38-19-10-11-20-42(38)52(44(39)29-37)35-17-8-3-9-18-35)43-21-12-22-45-48(43)40-30-47-41(31-46(40)53-45)50-49(54-47)34-15-6-2-7-16-34/h1-17,19-31,35H,18H2. The minimum Gasteiger partial charge on any atom is -0.456 e. The second-order valence-corrected chi connectivity index (χ2v) is 13.9. The number of furan rings is 1. The Morgan fingerprint density at radius 1 is 0.537 bits per heavy atom. The van der Waals surface area contributed by atoms with Gasteiger partial charge in [0.15, 0.2) is 5.58 Å². The van der Waals surface area contributed by atoms with E-state index in [-0.39, 0.29) is 6.04 Å². The summed E-state index contributed by atoms with van der Waals surface area (Å²) in [6.07, 6.45) is 9.82. The first-order chi connectivity index (χ1) is 26.8. The summed E-state index contributed by atoms with van der Waals surface area (Å²) >= 11 is 0. The highest BCUT2D eigenvalue weighted by Gasteiger charge is 2.23. The molecule has 1 aliphatic carbocycles. The van der Waals surface area contributed by atoms with E-state index in [0.717, 1.165) is 62.1 Å². The highest BCUT2D eigenvalue weighted by Crippen LogP contribution is 2.46. The maximum Gasteiger partial charge on any atom is 0.227 e. The first-order valence-electron chi connectivity index (χ1n) is 18.4. The van der Waals surface area contributed by atoms with Crippen LogP contribution >= 0.6 is 0 Å². The van der Waals surface area contributed by atoms with E-state index >= 15 is 0 Å². The highest BCUT2D eigenvalue weighted by molar-refractivity contribution is 6.16. The summed E-state index contributed by atoms with van der Waals surface area (Å²) < 4.78 is 15.5. The third-order valence-corrected chi connectivity index (χ3v) is 10.7. The molecule has 0 saturated carbocycles. The van der Waals surface area contributed by atoms with Crippen LogP contribution in [0.5, 0.6) is 0 Å². The average molecular weight is 696 g/mol. The number of para-hydroxylation sites is 1. The summed E-state index contributed by atoms with van der Waals surface area (Å²) in [6, 6.07) is 55.7. The van der Waals surface area contributed by atoms with Crippen LogP contribution in [0.3, 0.4) is 0 Å².